The van der Waals surface area contributed by atoms with Gasteiger partial charge in [0, 0.05) is 12.1 Å². The molecule has 0 amide bonds. The lowest BCUT2D eigenvalue weighted by Gasteiger charge is -2.05. The zero-order valence-electron chi connectivity index (χ0n) is 10.2. The standard InChI is InChI=1S/C13H9N3O3S/c17-16(18)10-3-1-9(2-4-10)7-19-12-11-5-6-20-13(11)15-8-14-12/h1-6,8H,7H2. The van der Waals surface area contributed by atoms with Crippen LogP contribution in [0, 0.1) is 10.1 Å². The summed E-state index contributed by atoms with van der Waals surface area (Å²) in [5, 5.41) is 13.4. The minimum Gasteiger partial charge on any atom is -0.472 e. The van der Waals surface area contributed by atoms with Crippen molar-refractivity contribution < 1.29 is 9.66 Å². The summed E-state index contributed by atoms with van der Waals surface area (Å²) in [6, 6.07) is 8.16. The van der Waals surface area contributed by atoms with E-state index in [9.17, 15) is 10.1 Å². The Morgan fingerprint density at radius 1 is 1.20 bits per heavy atom. The molecule has 0 saturated heterocycles. The van der Waals surface area contributed by atoms with Gasteiger partial charge in [-0.3, -0.25) is 10.1 Å². The quantitative estimate of drug-likeness (QED) is 0.544. The molecular weight excluding hydrogens is 278 g/mol. The molecule has 0 saturated carbocycles. The topological polar surface area (TPSA) is 78.2 Å². The lowest BCUT2D eigenvalue weighted by atomic mass is 10.2. The molecule has 1 aromatic carbocycles. The number of nitro groups is 1. The van der Waals surface area contributed by atoms with Crippen molar-refractivity contribution in [2.24, 2.45) is 0 Å². The van der Waals surface area contributed by atoms with Crippen LogP contribution in [-0.2, 0) is 6.61 Å². The van der Waals surface area contributed by atoms with Gasteiger partial charge in [0.25, 0.3) is 5.69 Å². The minimum absolute atomic E-state index is 0.0658. The SMILES string of the molecule is O=[N+]([O-])c1ccc(COc2ncnc3sccc23)cc1. The molecule has 0 radical (unpaired) electrons. The Morgan fingerprint density at radius 2 is 2.00 bits per heavy atom. The van der Waals surface area contributed by atoms with Crippen molar-refractivity contribution in [3.8, 4) is 5.88 Å². The minimum atomic E-state index is -0.427. The van der Waals surface area contributed by atoms with E-state index < -0.39 is 4.92 Å². The third-order valence-electron chi connectivity index (χ3n) is 2.75. The summed E-state index contributed by atoms with van der Waals surface area (Å²) in [7, 11) is 0. The van der Waals surface area contributed by atoms with Crippen LogP contribution in [0.25, 0.3) is 10.2 Å². The second kappa shape index (κ2) is 5.22. The number of ether oxygens (including phenoxy) is 1. The molecule has 0 atom stereocenters. The van der Waals surface area contributed by atoms with Gasteiger partial charge in [-0.05, 0) is 29.1 Å². The fourth-order valence-corrected chi connectivity index (χ4v) is 2.47. The highest BCUT2D eigenvalue weighted by atomic mass is 32.1. The number of nitro benzene ring substituents is 1. The molecule has 7 heteroatoms. The third-order valence-corrected chi connectivity index (χ3v) is 3.57. The number of nitrogens with zero attached hydrogens (tertiary/aromatic N) is 3. The highest BCUT2D eigenvalue weighted by Crippen LogP contribution is 2.26. The predicted octanol–water partition coefficient (Wildman–Crippen LogP) is 3.18. The first-order valence-corrected chi connectivity index (χ1v) is 6.66. The zero-order valence-corrected chi connectivity index (χ0v) is 11.0. The molecule has 0 unspecified atom stereocenters. The van der Waals surface area contributed by atoms with E-state index in [1.54, 1.807) is 12.1 Å². The van der Waals surface area contributed by atoms with Crippen molar-refractivity contribution >= 4 is 27.2 Å². The van der Waals surface area contributed by atoms with Crippen LogP contribution in [0.1, 0.15) is 5.56 Å². The predicted molar refractivity (Wildman–Crippen MR) is 74.8 cm³/mol. The van der Waals surface area contributed by atoms with E-state index in [0.29, 0.717) is 12.5 Å². The Kier molecular flexibility index (Phi) is 3.26. The molecule has 0 fully saturated rings. The molecule has 3 aromatic rings. The van der Waals surface area contributed by atoms with Crippen LogP contribution in [0.2, 0.25) is 0 Å². The maximum Gasteiger partial charge on any atom is 0.269 e. The first-order chi connectivity index (χ1) is 9.74. The average Bonchev–Trinajstić information content (AvgIpc) is 2.94. The number of hydrogen-bond acceptors (Lipinski definition) is 6. The van der Waals surface area contributed by atoms with E-state index >= 15 is 0 Å². The van der Waals surface area contributed by atoms with Crippen LogP contribution >= 0.6 is 11.3 Å². The summed E-state index contributed by atoms with van der Waals surface area (Å²) in [6.07, 6.45) is 1.46. The van der Waals surface area contributed by atoms with Crippen molar-refractivity contribution in [1.29, 1.82) is 0 Å². The molecule has 20 heavy (non-hydrogen) atoms. The zero-order chi connectivity index (χ0) is 13.9. The van der Waals surface area contributed by atoms with Crippen LogP contribution in [0.5, 0.6) is 5.88 Å². The fourth-order valence-electron chi connectivity index (χ4n) is 1.75. The second-order valence-corrected chi connectivity index (χ2v) is 4.93. The third kappa shape index (κ3) is 2.43. The first-order valence-electron chi connectivity index (χ1n) is 5.78. The van der Waals surface area contributed by atoms with Gasteiger partial charge in [-0.2, -0.15) is 0 Å². The van der Waals surface area contributed by atoms with E-state index in [-0.39, 0.29) is 5.69 Å². The summed E-state index contributed by atoms with van der Waals surface area (Å²) in [5.41, 5.74) is 0.911. The lowest BCUT2D eigenvalue weighted by molar-refractivity contribution is -0.384. The molecule has 0 bridgehead atoms. The fraction of sp³-hybridized carbons (Fsp3) is 0.0769. The first kappa shape index (κ1) is 12.5. The molecule has 3 rings (SSSR count). The Balaban J connectivity index is 1.76. The van der Waals surface area contributed by atoms with Gasteiger partial charge in [0.15, 0.2) is 0 Å². The second-order valence-electron chi connectivity index (χ2n) is 4.03. The van der Waals surface area contributed by atoms with Gasteiger partial charge in [-0.1, -0.05) is 0 Å². The molecule has 0 N–H and O–H groups in total. The summed E-state index contributed by atoms with van der Waals surface area (Å²) in [5.74, 6) is 0.523. The van der Waals surface area contributed by atoms with E-state index in [4.69, 9.17) is 4.74 Å². The van der Waals surface area contributed by atoms with E-state index in [0.717, 1.165) is 15.8 Å². The molecule has 0 spiro atoms. The highest BCUT2D eigenvalue weighted by molar-refractivity contribution is 7.16. The average molecular weight is 287 g/mol. The summed E-state index contributed by atoms with van der Waals surface area (Å²) >= 11 is 1.52. The lowest BCUT2D eigenvalue weighted by Crippen LogP contribution is -1.98. The van der Waals surface area contributed by atoms with Crippen molar-refractivity contribution in [3.05, 3.63) is 57.7 Å². The summed E-state index contributed by atoms with van der Waals surface area (Å²) in [4.78, 5) is 19.3. The monoisotopic (exact) mass is 287 g/mol. The molecule has 0 aliphatic carbocycles. The summed E-state index contributed by atoms with van der Waals surface area (Å²) < 4.78 is 5.65. The number of aromatic nitrogens is 2. The molecule has 2 heterocycles. The molecule has 0 aliphatic rings. The maximum absolute atomic E-state index is 10.6. The molecular formula is C13H9N3O3S. The van der Waals surface area contributed by atoms with Gasteiger partial charge in [-0.15, -0.1) is 11.3 Å². The van der Waals surface area contributed by atoms with Crippen LogP contribution in [0.4, 0.5) is 5.69 Å². The Labute approximate surface area is 117 Å². The van der Waals surface area contributed by atoms with E-state index in [1.807, 2.05) is 11.4 Å². The van der Waals surface area contributed by atoms with E-state index in [2.05, 4.69) is 9.97 Å². The highest BCUT2D eigenvalue weighted by Gasteiger charge is 2.07. The number of thiophene rings is 1. The van der Waals surface area contributed by atoms with Gasteiger partial charge >= 0.3 is 0 Å². The Bertz CT molecular complexity index is 755. The largest absolute Gasteiger partial charge is 0.472 e. The van der Waals surface area contributed by atoms with Crippen LogP contribution < -0.4 is 4.74 Å². The molecule has 2 aromatic heterocycles. The number of non-ortho nitro benzene ring substituents is 1. The number of rotatable bonds is 4. The number of hydrogen-bond donors (Lipinski definition) is 0. The van der Waals surface area contributed by atoms with Gasteiger partial charge in [0.2, 0.25) is 5.88 Å². The Morgan fingerprint density at radius 3 is 2.75 bits per heavy atom. The van der Waals surface area contributed by atoms with E-state index in [1.165, 1.54) is 29.8 Å². The number of benzene rings is 1. The smallest absolute Gasteiger partial charge is 0.269 e. The van der Waals surface area contributed by atoms with Crippen LogP contribution in [0.3, 0.4) is 0 Å². The molecule has 6 nitrogen and oxygen atoms in total. The van der Waals surface area contributed by atoms with Gasteiger partial charge < -0.3 is 4.74 Å². The van der Waals surface area contributed by atoms with Crippen LogP contribution in [0.15, 0.2) is 42.0 Å². The van der Waals surface area contributed by atoms with Crippen molar-refractivity contribution in [2.45, 2.75) is 6.61 Å². The normalized spacial score (nSPS) is 10.6. The van der Waals surface area contributed by atoms with Crippen LogP contribution in [-0.4, -0.2) is 14.9 Å². The molecule has 100 valence electrons. The summed E-state index contributed by atoms with van der Waals surface area (Å²) in [6.45, 7) is 0.306. The van der Waals surface area contributed by atoms with Crippen molar-refractivity contribution in [3.63, 3.8) is 0 Å². The van der Waals surface area contributed by atoms with Crippen molar-refractivity contribution in [2.75, 3.05) is 0 Å². The van der Waals surface area contributed by atoms with Gasteiger partial charge in [0.1, 0.15) is 17.8 Å². The van der Waals surface area contributed by atoms with Gasteiger partial charge in [-0.25, -0.2) is 9.97 Å². The Hall–Kier alpha value is -2.54. The number of fused-ring (bicyclic) bond motifs is 1. The maximum atomic E-state index is 10.6. The molecule has 0 aliphatic heterocycles. The van der Waals surface area contributed by atoms with Crippen molar-refractivity contribution in [1.82, 2.24) is 9.97 Å². The van der Waals surface area contributed by atoms with Gasteiger partial charge in [0.05, 0.1) is 10.3 Å².